The number of fused-ring (bicyclic) bond motifs is 2. The molecule has 0 bridgehead atoms. The molecule has 10 nitrogen and oxygen atoms in total. The fourth-order valence-corrected chi connectivity index (χ4v) is 6.63. The van der Waals surface area contributed by atoms with E-state index in [2.05, 4.69) is 32.8 Å². The molecule has 47 heavy (non-hydrogen) atoms. The van der Waals surface area contributed by atoms with Gasteiger partial charge in [-0.05, 0) is 30.8 Å². The third kappa shape index (κ3) is 6.50. The molecule has 0 spiro atoms. The molecule has 0 saturated carbocycles. The second-order valence-electron chi connectivity index (χ2n) is 11.6. The van der Waals surface area contributed by atoms with Gasteiger partial charge in [-0.25, -0.2) is 8.78 Å². The van der Waals surface area contributed by atoms with Crippen LogP contribution in [0.1, 0.15) is 12.8 Å². The van der Waals surface area contributed by atoms with Crippen LogP contribution in [0.5, 0.6) is 6.01 Å². The van der Waals surface area contributed by atoms with Gasteiger partial charge in [-0.15, -0.1) is 0 Å². The van der Waals surface area contributed by atoms with Crippen molar-refractivity contribution in [1.29, 1.82) is 5.26 Å². The molecule has 0 radical (unpaired) electrons. The summed E-state index contributed by atoms with van der Waals surface area (Å²) in [4.78, 5) is 32.0. The van der Waals surface area contributed by atoms with Gasteiger partial charge in [-0.3, -0.25) is 14.7 Å². The number of rotatable bonds is 7. The highest BCUT2D eigenvalue weighted by atomic mass is 35.5. The Balaban J connectivity index is 1.42. The number of benzene rings is 2. The van der Waals surface area contributed by atoms with Crippen LogP contribution in [-0.2, 0) is 9.53 Å². The highest BCUT2D eigenvalue weighted by molar-refractivity contribution is 6.36. The minimum absolute atomic E-state index is 0.0118. The standard InChI is InChI=1S/C34H32ClF2N7O3/c1-42-19-24(46-2)16-23(42)20-47-34-40-32-26(17-39-31(30(32)37)25-8-3-6-21-7-4-9-27(35)29(21)25)33(41-34)43-14-15-44(22(18-43)11-13-38)28(45)10-5-12-36/h3-4,6-9,17,22-24H,11-12,14-16,18-20H2,1-2H3/t22-,23-,24+/m0/s1. The van der Waals surface area contributed by atoms with Crippen molar-refractivity contribution in [3.8, 4) is 35.2 Å². The third-order valence-corrected chi connectivity index (χ3v) is 9.09. The highest BCUT2D eigenvalue weighted by Gasteiger charge is 2.33. The van der Waals surface area contributed by atoms with Gasteiger partial charge < -0.3 is 19.3 Å². The lowest BCUT2D eigenvalue weighted by atomic mass is 10.0. The van der Waals surface area contributed by atoms with Crippen molar-refractivity contribution in [2.45, 2.75) is 31.0 Å². The smallest absolute Gasteiger partial charge is 0.319 e. The lowest BCUT2D eigenvalue weighted by Crippen LogP contribution is -2.55. The van der Waals surface area contributed by atoms with E-state index in [1.54, 1.807) is 19.2 Å². The molecule has 6 rings (SSSR count). The number of hydrogen-bond acceptors (Lipinski definition) is 9. The second kappa shape index (κ2) is 14.0. The van der Waals surface area contributed by atoms with Crippen LogP contribution in [0.4, 0.5) is 14.6 Å². The lowest BCUT2D eigenvalue weighted by molar-refractivity contribution is -0.127. The first kappa shape index (κ1) is 32.3. The van der Waals surface area contributed by atoms with Crippen LogP contribution in [0.2, 0.25) is 5.02 Å². The average Bonchev–Trinajstić information content (AvgIpc) is 3.45. The molecule has 0 N–H and O–H groups in total. The van der Waals surface area contributed by atoms with Gasteiger partial charge in [-0.1, -0.05) is 47.9 Å². The summed E-state index contributed by atoms with van der Waals surface area (Å²) in [5, 5.41) is 11.9. The van der Waals surface area contributed by atoms with Gasteiger partial charge in [0.15, 0.2) is 12.5 Å². The molecule has 2 aliphatic heterocycles. The number of anilines is 1. The van der Waals surface area contributed by atoms with E-state index in [4.69, 9.17) is 26.1 Å². The molecule has 1 amide bonds. The van der Waals surface area contributed by atoms with Crippen molar-refractivity contribution < 1.29 is 23.0 Å². The number of aromatic nitrogens is 3. The number of amides is 1. The molecular formula is C34H32ClF2N7O3. The number of nitrogens with zero attached hydrogens (tertiary/aromatic N) is 7. The zero-order valence-electron chi connectivity index (χ0n) is 25.9. The normalized spacial score (nSPS) is 19.9. The van der Waals surface area contributed by atoms with Gasteiger partial charge in [0, 0.05) is 61.5 Å². The average molecular weight is 660 g/mol. The summed E-state index contributed by atoms with van der Waals surface area (Å²) in [5.74, 6) is 3.59. The van der Waals surface area contributed by atoms with Gasteiger partial charge in [0.05, 0.1) is 30.0 Å². The van der Waals surface area contributed by atoms with Gasteiger partial charge >= 0.3 is 6.01 Å². The maximum Gasteiger partial charge on any atom is 0.319 e. The van der Waals surface area contributed by atoms with E-state index in [1.807, 2.05) is 36.2 Å². The number of carbonyl (C=O) groups is 1. The Kier molecular flexibility index (Phi) is 9.64. The molecule has 2 fully saturated rings. The van der Waals surface area contributed by atoms with E-state index in [9.17, 15) is 14.4 Å². The summed E-state index contributed by atoms with van der Waals surface area (Å²) in [6.45, 7) is 0.752. The highest BCUT2D eigenvalue weighted by Crippen LogP contribution is 2.37. The van der Waals surface area contributed by atoms with Gasteiger partial charge in [-0.2, -0.15) is 15.2 Å². The number of likely N-dealkylation sites (tertiary alicyclic amines) is 1. The summed E-state index contributed by atoms with van der Waals surface area (Å²) in [7, 11) is 3.67. The first-order valence-corrected chi connectivity index (χ1v) is 15.6. The Morgan fingerprint density at radius 2 is 1.96 bits per heavy atom. The van der Waals surface area contributed by atoms with Crippen molar-refractivity contribution in [3.05, 3.63) is 53.4 Å². The van der Waals surface area contributed by atoms with E-state index in [0.29, 0.717) is 33.7 Å². The summed E-state index contributed by atoms with van der Waals surface area (Å²) in [6.07, 6.45) is 2.37. The molecule has 13 heteroatoms. The number of hydrogen-bond donors (Lipinski definition) is 0. The van der Waals surface area contributed by atoms with Crippen LogP contribution < -0.4 is 9.64 Å². The second-order valence-corrected chi connectivity index (χ2v) is 12.0. The number of nitriles is 1. The van der Waals surface area contributed by atoms with E-state index in [0.717, 1.165) is 18.4 Å². The number of likely N-dealkylation sites (N-methyl/N-ethyl adjacent to an activating group) is 1. The Hall–Kier alpha value is -4.62. The molecule has 242 valence electrons. The number of alkyl halides is 1. The molecule has 4 heterocycles. The maximum absolute atomic E-state index is 16.7. The molecule has 3 atom stereocenters. The van der Waals surface area contributed by atoms with Gasteiger partial charge in [0.25, 0.3) is 5.91 Å². The molecule has 2 saturated heterocycles. The Morgan fingerprint density at radius 3 is 2.70 bits per heavy atom. The van der Waals surface area contributed by atoms with Crippen molar-refractivity contribution in [3.63, 3.8) is 0 Å². The topological polar surface area (TPSA) is 108 Å². The number of piperazine rings is 1. The summed E-state index contributed by atoms with van der Waals surface area (Å²) in [5.41, 5.74) is 0.608. The number of halogens is 3. The number of pyridine rings is 1. The van der Waals surface area contributed by atoms with E-state index < -0.39 is 24.4 Å². The Morgan fingerprint density at radius 1 is 1.15 bits per heavy atom. The van der Waals surface area contributed by atoms with E-state index >= 15 is 4.39 Å². The molecule has 4 aromatic rings. The zero-order chi connectivity index (χ0) is 33.1. The minimum Gasteiger partial charge on any atom is -0.462 e. The molecule has 2 aliphatic rings. The van der Waals surface area contributed by atoms with Crippen LogP contribution in [0.15, 0.2) is 42.6 Å². The predicted molar refractivity (Wildman–Crippen MR) is 174 cm³/mol. The third-order valence-electron chi connectivity index (χ3n) is 8.77. The lowest BCUT2D eigenvalue weighted by Gasteiger charge is -2.40. The monoisotopic (exact) mass is 659 g/mol. The Labute approximate surface area is 275 Å². The molecule has 0 aliphatic carbocycles. The summed E-state index contributed by atoms with van der Waals surface area (Å²) < 4.78 is 41.0. The van der Waals surface area contributed by atoms with E-state index in [1.165, 1.54) is 11.1 Å². The first-order valence-electron chi connectivity index (χ1n) is 15.2. The van der Waals surface area contributed by atoms with Crippen LogP contribution in [0, 0.1) is 29.0 Å². The fraction of sp³-hybridized carbons (Fsp3) is 0.382. The van der Waals surface area contributed by atoms with Crippen LogP contribution >= 0.6 is 11.6 Å². The summed E-state index contributed by atoms with van der Waals surface area (Å²) in [6, 6.07) is 12.5. The van der Waals surface area contributed by atoms with Crippen molar-refractivity contribution in [2.24, 2.45) is 0 Å². The fourth-order valence-electron chi connectivity index (χ4n) is 6.35. The molecular weight excluding hydrogens is 628 g/mol. The SMILES string of the molecule is CO[C@@H]1C[C@@H](COc2nc(N3CCN(C(=O)C#CCF)[C@@H](CC#N)C3)c3cnc(-c4cccc5cccc(Cl)c45)c(F)c3n2)N(C)C1. The summed E-state index contributed by atoms with van der Waals surface area (Å²) >= 11 is 6.58. The zero-order valence-corrected chi connectivity index (χ0v) is 26.7. The Bertz CT molecular complexity index is 1920. The molecule has 0 unspecified atom stereocenters. The first-order chi connectivity index (χ1) is 22.8. The largest absolute Gasteiger partial charge is 0.462 e. The van der Waals surface area contributed by atoms with Crippen LogP contribution in [0.3, 0.4) is 0 Å². The predicted octanol–water partition coefficient (Wildman–Crippen LogP) is 4.64. The number of carbonyl (C=O) groups excluding carboxylic acids is 1. The maximum atomic E-state index is 16.7. The van der Waals surface area contributed by atoms with Gasteiger partial charge in [0.1, 0.15) is 23.6 Å². The quantitative estimate of drug-likeness (QED) is 0.262. The van der Waals surface area contributed by atoms with Crippen molar-refractivity contribution in [2.75, 3.05) is 58.5 Å². The number of ether oxygens (including phenoxy) is 2. The minimum atomic E-state index is -0.946. The molecule has 2 aromatic heterocycles. The molecule has 2 aromatic carbocycles. The van der Waals surface area contributed by atoms with Gasteiger partial charge in [0.2, 0.25) is 0 Å². The van der Waals surface area contributed by atoms with Crippen molar-refractivity contribution >= 4 is 45.0 Å². The number of methoxy groups -OCH3 is 1. The van der Waals surface area contributed by atoms with E-state index in [-0.39, 0.29) is 55.5 Å². The van der Waals surface area contributed by atoms with Crippen molar-refractivity contribution in [1.82, 2.24) is 24.8 Å². The van der Waals surface area contributed by atoms with Crippen LogP contribution in [-0.4, -0.2) is 102 Å². The van der Waals surface area contributed by atoms with Crippen LogP contribution in [0.25, 0.3) is 32.9 Å².